The van der Waals surface area contributed by atoms with Crippen LogP contribution in [0.3, 0.4) is 0 Å². The Balaban J connectivity index is 1.79. The molecule has 1 atom stereocenters. The van der Waals surface area contributed by atoms with Gasteiger partial charge in [0.05, 0.1) is 13.2 Å². The van der Waals surface area contributed by atoms with Crippen molar-refractivity contribution in [1.82, 2.24) is 4.90 Å². The number of carbonyl (C=O) groups is 2. The Kier molecular flexibility index (Phi) is 5.11. The second kappa shape index (κ2) is 7.29. The van der Waals surface area contributed by atoms with E-state index in [1.165, 1.54) is 6.07 Å². The predicted octanol–water partition coefficient (Wildman–Crippen LogP) is 3.41. The zero-order valence-corrected chi connectivity index (χ0v) is 14.5. The Labute approximate surface area is 149 Å². The van der Waals surface area contributed by atoms with Gasteiger partial charge in [0.1, 0.15) is 17.4 Å². The van der Waals surface area contributed by atoms with Gasteiger partial charge >= 0.3 is 5.97 Å². The number of hydrogen-bond donors (Lipinski definition) is 1. The summed E-state index contributed by atoms with van der Waals surface area (Å²) >= 11 is 6.02. The number of ether oxygens (including phenoxy) is 1. The molecule has 6 nitrogen and oxygen atoms in total. The molecule has 7 heteroatoms. The standard InChI is InChI=1S/C18H18ClNO5/c1-2-14-13(18(22)23)9-15(25-14)17(21)20-6-7-24-16(10-20)11-4-3-5-12(19)8-11/h3-5,8-9,16H,2,6-7,10H2,1H3,(H,22,23). The van der Waals surface area contributed by atoms with Crippen LogP contribution in [0.25, 0.3) is 0 Å². The third-order valence-electron chi connectivity index (χ3n) is 4.15. The van der Waals surface area contributed by atoms with Crippen LogP contribution in [0, 0.1) is 0 Å². The summed E-state index contributed by atoms with van der Waals surface area (Å²) < 4.78 is 11.2. The van der Waals surface area contributed by atoms with Crippen LogP contribution in [0.1, 0.15) is 45.3 Å². The van der Waals surface area contributed by atoms with Crippen LogP contribution in [-0.4, -0.2) is 41.6 Å². The molecule has 1 aromatic carbocycles. The normalized spacial score (nSPS) is 17.5. The minimum Gasteiger partial charge on any atom is -0.478 e. The highest BCUT2D eigenvalue weighted by molar-refractivity contribution is 6.30. The number of halogens is 1. The Bertz CT molecular complexity index is 801. The number of aryl methyl sites for hydroxylation is 1. The van der Waals surface area contributed by atoms with Crippen LogP contribution in [0.2, 0.25) is 5.02 Å². The van der Waals surface area contributed by atoms with Crippen molar-refractivity contribution in [3.63, 3.8) is 0 Å². The van der Waals surface area contributed by atoms with Crippen LogP contribution in [0.15, 0.2) is 34.7 Å². The molecule has 1 fully saturated rings. The fourth-order valence-corrected chi connectivity index (χ4v) is 3.07. The molecular weight excluding hydrogens is 346 g/mol. The number of carbonyl (C=O) groups excluding carboxylic acids is 1. The second-order valence-corrected chi connectivity index (χ2v) is 6.21. The number of benzene rings is 1. The Morgan fingerprint density at radius 3 is 2.80 bits per heavy atom. The molecule has 1 saturated heterocycles. The molecule has 1 amide bonds. The van der Waals surface area contributed by atoms with E-state index in [0.29, 0.717) is 36.9 Å². The van der Waals surface area contributed by atoms with Gasteiger partial charge in [0, 0.05) is 24.1 Å². The summed E-state index contributed by atoms with van der Waals surface area (Å²) in [7, 11) is 0. The maximum absolute atomic E-state index is 12.7. The molecule has 25 heavy (non-hydrogen) atoms. The Morgan fingerprint density at radius 1 is 1.36 bits per heavy atom. The minimum atomic E-state index is -1.10. The van der Waals surface area contributed by atoms with E-state index < -0.39 is 5.97 Å². The molecule has 1 aliphatic heterocycles. The van der Waals surface area contributed by atoms with Gasteiger partial charge in [-0.15, -0.1) is 0 Å². The molecule has 132 valence electrons. The summed E-state index contributed by atoms with van der Waals surface area (Å²) in [6.45, 7) is 2.93. The first-order chi connectivity index (χ1) is 12.0. The number of furan rings is 1. The van der Waals surface area contributed by atoms with E-state index in [1.54, 1.807) is 17.9 Å². The van der Waals surface area contributed by atoms with Crippen LogP contribution in [0.4, 0.5) is 0 Å². The van der Waals surface area contributed by atoms with Crippen LogP contribution >= 0.6 is 11.6 Å². The number of morpholine rings is 1. The maximum atomic E-state index is 12.7. The molecule has 0 radical (unpaired) electrons. The van der Waals surface area contributed by atoms with Gasteiger partial charge < -0.3 is 19.2 Å². The van der Waals surface area contributed by atoms with E-state index in [-0.39, 0.29) is 23.3 Å². The molecule has 1 N–H and O–H groups in total. The fourth-order valence-electron chi connectivity index (χ4n) is 2.88. The molecule has 0 bridgehead atoms. The van der Waals surface area contributed by atoms with Gasteiger partial charge in [-0.3, -0.25) is 4.79 Å². The summed E-state index contributed by atoms with van der Waals surface area (Å²) in [6, 6.07) is 8.62. The van der Waals surface area contributed by atoms with Gasteiger partial charge in [0.25, 0.3) is 5.91 Å². The lowest BCUT2D eigenvalue weighted by atomic mass is 10.1. The van der Waals surface area contributed by atoms with Gasteiger partial charge in [-0.1, -0.05) is 30.7 Å². The summed E-state index contributed by atoms with van der Waals surface area (Å²) in [5.74, 6) is -1.09. The van der Waals surface area contributed by atoms with Crippen molar-refractivity contribution in [3.8, 4) is 0 Å². The highest BCUT2D eigenvalue weighted by Crippen LogP contribution is 2.26. The number of hydrogen-bond acceptors (Lipinski definition) is 4. The number of carboxylic acid groups (broad SMARTS) is 1. The number of aromatic carboxylic acids is 1. The Morgan fingerprint density at radius 2 is 2.16 bits per heavy atom. The summed E-state index contributed by atoms with van der Waals surface area (Å²) in [5.41, 5.74) is 0.926. The van der Waals surface area contributed by atoms with E-state index in [9.17, 15) is 14.7 Å². The van der Waals surface area contributed by atoms with Crippen LogP contribution in [0.5, 0.6) is 0 Å². The van der Waals surface area contributed by atoms with Gasteiger partial charge in [0.15, 0.2) is 5.76 Å². The lowest BCUT2D eigenvalue weighted by Crippen LogP contribution is -2.42. The molecule has 0 saturated carbocycles. The zero-order valence-electron chi connectivity index (χ0n) is 13.7. The van der Waals surface area contributed by atoms with E-state index in [0.717, 1.165) is 5.56 Å². The minimum absolute atomic E-state index is 0.0329. The summed E-state index contributed by atoms with van der Waals surface area (Å²) in [6.07, 6.45) is 0.124. The van der Waals surface area contributed by atoms with Crippen LogP contribution in [-0.2, 0) is 11.2 Å². The van der Waals surface area contributed by atoms with Crippen molar-refractivity contribution in [2.45, 2.75) is 19.4 Å². The largest absolute Gasteiger partial charge is 0.478 e. The third-order valence-corrected chi connectivity index (χ3v) is 4.38. The molecule has 1 aromatic heterocycles. The van der Waals surface area contributed by atoms with E-state index >= 15 is 0 Å². The maximum Gasteiger partial charge on any atom is 0.339 e. The topological polar surface area (TPSA) is 80.0 Å². The number of amides is 1. The molecule has 3 rings (SSSR count). The molecule has 2 aromatic rings. The van der Waals surface area contributed by atoms with Crippen molar-refractivity contribution < 1.29 is 23.8 Å². The second-order valence-electron chi connectivity index (χ2n) is 5.77. The highest BCUT2D eigenvalue weighted by Gasteiger charge is 2.29. The lowest BCUT2D eigenvalue weighted by Gasteiger charge is -2.32. The average Bonchev–Trinajstić information content (AvgIpc) is 3.06. The van der Waals surface area contributed by atoms with Gasteiger partial charge in [-0.2, -0.15) is 0 Å². The van der Waals surface area contributed by atoms with Crippen molar-refractivity contribution in [3.05, 3.63) is 58.0 Å². The zero-order chi connectivity index (χ0) is 18.0. The lowest BCUT2D eigenvalue weighted by molar-refractivity contribution is -0.0238. The first-order valence-electron chi connectivity index (χ1n) is 8.02. The highest BCUT2D eigenvalue weighted by atomic mass is 35.5. The van der Waals surface area contributed by atoms with E-state index in [4.69, 9.17) is 20.8 Å². The van der Waals surface area contributed by atoms with Crippen molar-refractivity contribution in [1.29, 1.82) is 0 Å². The van der Waals surface area contributed by atoms with Crippen molar-refractivity contribution in [2.75, 3.05) is 19.7 Å². The SMILES string of the molecule is CCc1oc(C(=O)N2CCOC(c3cccc(Cl)c3)C2)cc1C(=O)O. The first-order valence-corrected chi connectivity index (χ1v) is 8.39. The molecule has 0 aliphatic carbocycles. The molecular formula is C18H18ClNO5. The smallest absolute Gasteiger partial charge is 0.339 e. The third kappa shape index (κ3) is 3.70. The van der Waals surface area contributed by atoms with Crippen molar-refractivity contribution >= 4 is 23.5 Å². The quantitative estimate of drug-likeness (QED) is 0.900. The van der Waals surface area contributed by atoms with Gasteiger partial charge in [0.2, 0.25) is 0 Å². The average molecular weight is 364 g/mol. The van der Waals surface area contributed by atoms with E-state index in [1.807, 2.05) is 18.2 Å². The Hall–Kier alpha value is -2.31. The summed E-state index contributed by atoms with van der Waals surface area (Å²) in [4.78, 5) is 25.6. The molecule has 2 heterocycles. The monoisotopic (exact) mass is 363 g/mol. The summed E-state index contributed by atoms with van der Waals surface area (Å²) in [5, 5.41) is 9.81. The molecule has 1 unspecified atom stereocenters. The van der Waals surface area contributed by atoms with Crippen LogP contribution < -0.4 is 0 Å². The molecule has 0 spiro atoms. The van der Waals surface area contributed by atoms with Crippen molar-refractivity contribution in [2.24, 2.45) is 0 Å². The van der Waals surface area contributed by atoms with Gasteiger partial charge in [-0.25, -0.2) is 4.79 Å². The predicted molar refractivity (Wildman–Crippen MR) is 91.1 cm³/mol. The fraction of sp³-hybridized carbons (Fsp3) is 0.333. The first kappa shape index (κ1) is 17.5. The number of rotatable bonds is 4. The number of carboxylic acids is 1. The van der Waals surface area contributed by atoms with Gasteiger partial charge in [-0.05, 0) is 17.7 Å². The molecule has 1 aliphatic rings. The number of nitrogens with zero attached hydrogens (tertiary/aromatic N) is 1. The van der Waals surface area contributed by atoms with E-state index in [2.05, 4.69) is 0 Å².